The van der Waals surface area contributed by atoms with Gasteiger partial charge in [0.15, 0.2) is 0 Å². The summed E-state index contributed by atoms with van der Waals surface area (Å²) in [6.45, 7) is 5.72. The van der Waals surface area contributed by atoms with Crippen LogP contribution >= 0.6 is 0 Å². The van der Waals surface area contributed by atoms with E-state index in [4.69, 9.17) is 0 Å². The molecule has 3 nitrogen and oxygen atoms in total. The van der Waals surface area contributed by atoms with E-state index in [0.717, 1.165) is 16.5 Å². The van der Waals surface area contributed by atoms with E-state index in [1.807, 2.05) is 51.1 Å². The fourth-order valence-corrected chi connectivity index (χ4v) is 2.03. The fraction of sp³-hybridized carbons (Fsp3) is 0.400. The van der Waals surface area contributed by atoms with E-state index in [1.165, 1.54) is 0 Å². The Morgan fingerprint density at radius 3 is 2.44 bits per heavy atom. The Balaban J connectivity index is 2.48. The van der Waals surface area contributed by atoms with E-state index < -0.39 is 12.2 Å². The minimum atomic E-state index is -0.905. The molecule has 2 rings (SSSR count). The molecule has 0 aliphatic carbocycles. The number of hydrogen-bond donors (Lipinski definition) is 2. The molecule has 1 heterocycles. The van der Waals surface area contributed by atoms with Crippen LogP contribution in [0.2, 0.25) is 0 Å². The van der Waals surface area contributed by atoms with Gasteiger partial charge in [0.25, 0.3) is 0 Å². The topological polar surface area (TPSA) is 53.4 Å². The standard InChI is InChI=1S/C15H19NO2/c1-15(2,3)14(18)13(17)11-6-4-8-12-10(11)7-5-9-16-12/h4-9,13-14,17-18H,1-3H3. The van der Waals surface area contributed by atoms with Gasteiger partial charge in [-0.3, -0.25) is 4.98 Å². The highest BCUT2D eigenvalue weighted by atomic mass is 16.3. The highest BCUT2D eigenvalue weighted by molar-refractivity contribution is 5.82. The molecular formula is C15H19NO2. The predicted molar refractivity (Wildman–Crippen MR) is 72.2 cm³/mol. The van der Waals surface area contributed by atoms with E-state index in [1.54, 1.807) is 6.20 Å². The number of fused-ring (bicyclic) bond motifs is 1. The van der Waals surface area contributed by atoms with Gasteiger partial charge in [-0.05, 0) is 23.1 Å². The van der Waals surface area contributed by atoms with Crippen molar-refractivity contribution in [3.8, 4) is 0 Å². The van der Waals surface area contributed by atoms with Gasteiger partial charge in [0.2, 0.25) is 0 Å². The number of benzene rings is 1. The third-order valence-electron chi connectivity index (χ3n) is 3.18. The molecule has 1 aromatic heterocycles. The van der Waals surface area contributed by atoms with Gasteiger partial charge in [-0.1, -0.05) is 39.0 Å². The summed E-state index contributed by atoms with van der Waals surface area (Å²) >= 11 is 0. The first kappa shape index (κ1) is 13.0. The lowest BCUT2D eigenvalue weighted by Crippen LogP contribution is -2.32. The summed E-state index contributed by atoms with van der Waals surface area (Å²) in [6.07, 6.45) is -0.000192. The zero-order valence-electron chi connectivity index (χ0n) is 11.0. The molecule has 0 fully saturated rings. The molecule has 1 aromatic carbocycles. The number of aliphatic hydroxyl groups is 2. The smallest absolute Gasteiger partial charge is 0.106 e. The van der Waals surface area contributed by atoms with E-state index in [9.17, 15) is 10.2 Å². The van der Waals surface area contributed by atoms with Crippen LogP contribution < -0.4 is 0 Å². The molecule has 0 amide bonds. The van der Waals surface area contributed by atoms with Gasteiger partial charge in [-0.15, -0.1) is 0 Å². The first-order valence-corrected chi connectivity index (χ1v) is 6.11. The number of aliphatic hydroxyl groups excluding tert-OH is 2. The Hall–Kier alpha value is -1.45. The van der Waals surface area contributed by atoms with Crippen molar-refractivity contribution in [3.63, 3.8) is 0 Å². The molecule has 0 saturated carbocycles. The van der Waals surface area contributed by atoms with Crippen LogP contribution in [-0.4, -0.2) is 21.3 Å². The lowest BCUT2D eigenvalue weighted by molar-refractivity contribution is -0.0451. The van der Waals surface area contributed by atoms with Gasteiger partial charge < -0.3 is 10.2 Å². The maximum Gasteiger partial charge on any atom is 0.106 e. The van der Waals surface area contributed by atoms with Crippen LogP contribution in [0.15, 0.2) is 36.5 Å². The molecule has 0 aliphatic heterocycles. The Morgan fingerprint density at radius 2 is 1.78 bits per heavy atom. The number of pyridine rings is 1. The molecule has 96 valence electrons. The average Bonchev–Trinajstić information content (AvgIpc) is 2.35. The molecule has 0 aliphatic rings. The SMILES string of the molecule is CC(C)(C)C(O)C(O)c1cccc2ncccc12. The summed E-state index contributed by atoms with van der Waals surface area (Å²) in [5.41, 5.74) is 1.18. The lowest BCUT2D eigenvalue weighted by Gasteiger charge is -2.30. The van der Waals surface area contributed by atoms with Gasteiger partial charge >= 0.3 is 0 Å². The molecule has 18 heavy (non-hydrogen) atoms. The van der Waals surface area contributed by atoms with E-state index >= 15 is 0 Å². The van der Waals surface area contributed by atoms with Crippen LogP contribution in [0.4, 0.5) is 0 Å². The molecule has 2 unspecified atom stereocenters. The third-order valence-corrected chi connectivity index (χ3v) is 3.18. The van der Waals surface area contributed by atoms with E-state index in [0.29, 0.717) is 0 Å². The molecule has 0 saturated heterocycles. The number of nitrogens with zero attached hydrogens (tertiary/aromatic N) is 1. The van der Waals surface area contributed by atoms with E-state index in [2.05, 4.69) is 4.98 Å². The zero-order valence-corrected chi connectivity index (χ0v) is 11.0. The van der Waals surface area contributed by atoms with Crippen LogP contribution in [0, 0.1) is 5.41 Å². The monoisotopic (exact) mass is 245 g/mol. The van der Waals surface area contributed by atoms with Crippen molar-refractivity contribution in [1.29, 1.82) is 0 Å². The second kappa shape index (κ2) is 4.67. The Bertz CT molecular complexity index is 540. The molecule has 0 bridgehead atoms. The van der Waals surface area contributed by atoms with Crippen LogP contribution in [0.3, 0.4) is 0 Å². The summed E-state index contributed by atoms with van der Waals surface area (Å²) in [6, 6.07) is 9.33. The maximum atomic E-state index is 10.3. The Labute approximate surface area is 107 Å². The minimum Gasteiger partial charge on any atom is -0.390 e. The van der Waals surface area contributed by atoms with Gasteiger partial charge in [-0.2, -0.15) is 0 Å². The third kappa shape index (κ3) is 2.37. The lowest BCUT2D eigenvalue weighted by atomic mass is 9.83. The summed E-state index contributed by atoms with van der Waals surface area (Å²) in [4.78, 5) is 4.25. The van der Waals surface area contributed by atoms with Gasteiger partial charge in [0.1, 0.15) is 6.10 Å². The molecule has 2 aromatic rings. The van der Waals surface area contributed by atoms with Crippen molar-refractivity contribution in [2.75, 3.05) is 0 Å². The summed E-state index contributed by atoms with van der Waals surface area (Å²) in [7, 11) is 0. The normalized spacial score (nSPS) is 15.6. The number of hydrogen-bond acceptors (Lipinski definition) is 3. The van der Waals surface area contributed by atoms with Crippen molar-refractivity contribution in [1.82, 2.24) is 4.98 Å². The summed E-state index contributed by atoms with van der Waals surface area (Å²) in [5.74, 6) is 0. The summed E-state index contributed by atoms with van der Waals surface area (Å²) < 4.78 is 0. The minimum absolute atomic E-state index is 0.371. The molecule has 3 heteroatoms. The van der Waals surface area contributed by atoms with Gasteiger partial charge in [0.05, 0.1) is 11.6 Å². The summed E-state index contributed by atoms with van der Waals surface area (Å²) in [5, 5.41) is 21.4. The van der Waals surface area contributed by atoms with Crippen molar-refractivity contribution in [3.05, 3.63) is 42.1 Å². The van der Waals surface area contributed by atoms with E-state index in [-0.39, 0.29) is 5.41 Å². The molecular weight excluding hydrogens is 226 g/mol. The first-order valence-electron chi connectivity index (χ1n) is 6.11. The second-order valence-corrected chi connectivity index (χ2v) is 5.67. The van der Waals surface area contributed by atoms with Crippen LogP contribution in [0.5, 0.6) is 0 Å². The van der Waals surface area contributed by atoms with Crippen molar-refractivity contribution < 1.29 is 10.2 Å². The zero-order chi connectivity index (χ0) is 13.3. The van der Waals surface area contributed by atoms with Crippen molar-refractivity contribution in [2.45, 2.75) is 33.0 Å². The Kier molecular flexibility index (Phi) is 3.37. The molecule has 2 N–H and O–H groups in total. The average molecular weight is 245 g/mol. The largest absolute Gasteiger partial charge is 0.390 e. The van der Waals surface area contributed by atoms with Gasteiger partial charge in [0, 0.05) is 11.6 Å². The van der Waals surface area contributed by atoms with Crippen LogP contribution in [0.1, 0.15) is 32.4 Å². The highest BCUT2D eigenvalue weighted by Crippen LogP contribution is 2.32. The highest BCUT2D eigenvalue weighted by Gasteiger charge is 2.30. The first-order chi connectivity index (χ1) is 8.41. The van der Waals surface area contributed by atoms with Crippen LogP contribution in [-0.2, 0) is 0 Å². The Morgan fingerprint density at radius 1 is 1.06 bits per heavy atom. The predicted octanol–water partition coefficient (Wildman–Crippen LogP) is 2.68. The fourth-order valence-electron chi connectivity index (χ4n) is 2.03. The van der Waals surface area contributed by atoms with Gasteiger partial charge in [-0.25, -0.2) is 0 Å². The van der Waals surface area contributed by atoms with Crippen molar-refractivity contribution in [2.24, 2.45) is 5.41 Å². The quantitative estimate of drug-likeness (QED) is 0.855. The number of rotatable bonds is 2. The maximum absolute atomic E-state index is 10.3. The molecule has 0 radical (unpaired) electrons. The second-order valence-electron chi connectivity index (χ2n) is 5.67. The molecule has 2 atom stereocenters. The molecule has 0 spiro atoms. The van der Waals surface area contributed by atoms with Crippen molar-refractivity contribution >= 4 is 10.9 Å². The number of aromatic nitrogens is 1. The van der Waals surface area contributed by atoms with Crippen LogP contribution in [0.25, 0.3) is 10.9 Å².